The first-order valence-electron chi connectivity index (χ1n) is 14.0. The predicted octanol–water partition coefficient (Wildman–Crippen LogP) is 7.74. The molecule has 1 spiro atoms. The molecule has 224 valence electrons. The summed E-state index contributed by atoms with van der Waals surface area (Å²) in [5, 5.41) is 23.8. The first-order chi connectivity index (χ1) is 22.3. The summed E-state index contributed by atoms with van der Waals surface area (Å²) in [6.45, 7) is 0. The molecular formula is C35H20Cl2N4O5. The molecule has 0 aliphatic carbocycles. The van der Waals surface area contributed by atoms with Crippen molar-refractivity contribution in [2.45, 2.75) is 5.60 Å². The van der Waals surface area contributed by atoms with Gasteiger partial charge in [0.15, 0.2) is 11.4 Å². The Kier molecular flexibility index (Phi) is 6.18. The molecule has 0 fully saturated rings. The number of carbonyl (C=O) groups is 1. The van der Waals surface area contributed by atoms with E-state index in [1.165, 1.54) is 18.5 Å². The monoisotopic (exact) mass is 646 g/mol. The van der Waals surface area contributed by atoms with Gasteiger partial charge in [0.25, 0.3) is 0 Å². The van der Waals surface area contributed by atoms with E-state index in [0.29, 0.717) is 22.4 Å². The van der Waals surface area contributed by atoms with Gasteiger partial charge in [-0.3, -0.25) is 15.0 Å². The largest absolute Gasteiger partial charge is 0.507 e. The summed E-state index contributed by atoms with van der Waals surface area (Å²) in [5.74, 6) is -0.977. The lowest BCUT2D eigenvalue weighted by atomic mass is 9.74. The third-order valence-electron chi connectivity index (χ3n) is 8.22. The number of nitrogens with two attached hydrogens (primary N) is 1. The van der Waals surface area contributed by atoms with Crippen molar-refractivity contribution in [2.75, 3.05) is 5.73 Å². The Hall–Kier alpha value is -5.64. The second kappa shape index (κ2) is 10.2. The molecule has 0 bridgehead atoms. The molecule has 6 aromatic rings. The van der Waals surface area contributed by atoms with Crippen LogP contribution in [0, 0.1) is 0 Å². The standard InChI is InChI=1S/C35H20Cl2N4O5/c36-20-9-5-15-40-29(20)25-23(42)13-12-19-32(25)45-33-24(22-11-3-4-14-39-22)31(43)26(30-21(37)10-6-16-41-30)28(38)27(33)35(19)18-8-2-1-7-17(18)34(44)46-35/h1-16,42-43H,38H2. The smallest absolute Gasteiger partial charge is 0.340 e. The highest BCUT2D eigenvalue weighted by Gasteiger charge is 2.57. The number of carbonyl (C=O) groups excluding carboxylic acids is 1. The molecule has 0 amide bonds. The fourth-order valence-corrected chi connectivity index (χ4v) is 6.77. The van der Waals surface area contributed by atoms with Gasteiger partial charge in [-0.25, -0.2) is 4.79 Å². The minimum atomic E-state index is -1.72. The van der Waals surface area contributed by atoms with Gasteiger partial charge in [0.1, 0.15) is 17.2 Å². The number of anilines is 1. The number of halogens is 2. The van der Waals surface area contributed by atoms with Gasteiger partial charge in [-0.1, -0.05) is 47.5 Å². The molecule has 0 radical (unpaired) electrons. The number of esters is 1. The zero-order valence-electron chi connectivity index (χ0n) is 23.5. The Bertz CT molecular complexity index is 2260. The zero-order chi connectivity index (χ0) is 31.7. The van der Waals surface area contributed by atoms with E-state index in [1.807, 2.05) is 0 Å². The molecule has 2 aliphatic rings. The lowest BCUT2D eigenvalue weighted by molar-refractivity contribution is 0.0227. The summed E-state index contributed by atoms with van der Waals surface area (Å²) in [7, 11) is 0. The van der Waals surface area contributed by atoms with Gasteiger partial charge in [0, 0.05) is 29.7 Å². The topological polar surface area (TPSA) is 141 Å². The highest BCUT2D eigenvalue weighted by Crippen LogP contribution is 2.65. The van der Waals surface area contributed by atoms with Crippen molar-refractivity contribution in [3.8, 4) is 56.8 Å². The molecule has 5 heterocycles. The number of benzene rings is 3. The van der Waals surface area contributed by atoms with Gasteiger partial charge in [0.2, 0.25) is 0 Å². The number of ether oxygens (including phenoxy) is 2. The first kappa shape index (κ1) is 27.9. The van der Waals surface area contributed by atoms with Gasteiger partial charge in [-0.15, -0.1) is 0 Å². The molecular weight excluding hydrogens is 627 g/mol. The van der Waals surface area contributed by atoms with Crippen LogP contribution >= 0.6 is 23.2 Å². The molecule has 9 nitrogen and oxygen atoms in total. The van der Waals surface area contributed by atoms with Gasteiger partial charge in [-0.2, -0.15) is 0 Å². The molecule has 2 aliphatic heterocycles. The fourth-order valence-electron chi connectivity index (χ4n) is 6.34. The third kappa shape index (κ3) is 3.76. The molecule has 11 heteroatoms. The number of rotatable bonds is 3. The molecule has 46 heavy (non-hydrogen) atoms. The number of nitrogens with zero attached hydrogens (tertiary/aromatic N) is 3. The van der Waals surface area contributed by atoms with E-state index < -0.39 is 11.6 Å². The molecule has 1 atom stereocenters. The molecule has 4 N–H and O–H groups in total. The SMILES string of the molecule is Nc1c(-c2ncccc2Cl)c(O)c(-c2ccccn2)c2c1C1(OC(=O)c3ccccc31)c1ccc(O)c(-c3ncccc3Cl)c1O2. The summed E-state index contributed by atoms with van der Waals surface area (Å²) in [4.78, 5) is 27.1. The maximum Gasteiger partial charge on any atom is 0.340 e. The van der Waals surface area contributed by atoms with E-state index >= 15 is 0 Å². The van der Waals surface area contributed by atoms with Crippen LogP contribution in [0.4, 0.5) is 5.69 Å². The van der Waals surface area contributed by atoms with Gasteiger partial charge in [0.05, 0.1) is 60.6 Å². The second-order valence-corrected chi connectivity index (χ2v) is 11.5. The summed E-state index contributed by atoms with van der Waals surface area (Å²) >= 11 is 13.2. The lowest BCUT2D eigenvalue weighted by Gasteiger charge is -2.39. The van der Waals surface area contributed by atoms with E-state index in [1.54, 1.807) is 79.0 Å². The minimum Gasteiger partial charge on any atom is -0.507 e. The van der Waals surface area contributed by atoms with E-state index in [0.717, 1.165) is 0 Å². The number of aromatic hydroxyl groups is 2. The maximum absolute atomic E-state index is 13.7. The average Bonchev–Trinajstić information content (AvgIpc) is 3.35. The number of pyridine rings is 3. The molecule has 3 aromatic heterocycles. The lowest BCUT2D eigenvalue weighted by Crippen LogP contribution is -2.34. The van der Waals surface area contributed by atoms with Crippen molar-refractivity contribution < 1.29 is 24.5 Å². The van der Waals surface area contributed by atoms with Crippen LogP contribution in [0.2, 0.25) is 10.0 Å². The molecule has 8 rings (SSSR count). The first-order valence-corrected chi connectivity index (χ1v) is 14.8. The Morgan fingerprint density at radius 3 is 2.07 bits per heavy atom. The molecule has 0 saturated heterocycles. The summed E-state index contributed by atoms with van der Waals surface area (Å²) in [6.07, 6.45) is 4.62. The van der Waals surface area contributed by atoms with Crippen molar-refractivity contribution in [3.05, 3.63) is 130 Å². The van der Waals surface area contributed by atoms with Gasteiger partial charge < -0.3 is 25.4 Å². The normalized spacial score (nSPS) is 15.9. The van der Waals surface area contributed by atoms with Crippen molar-refractivity contribution in [1.82, 2.24) is 15.0 Å². The Morgan fingerprint density at radius 2 is 1.37 bits per heavy atom. The number of hydrogen-bond donors (Lipinski definition) is 3. The van der Waals surface area contributed by atoms with Crippen LogP contribution in [0.25, 0.3) is 33.8 Å². The number of nitrogen functional groups attached to an aromatic ring is 1. The molecule has 0 saturated carbocycles. The highest BCUT2D eigenvalue weighted by atomic mass is 35.5. The van der Waals surface area contributed by atoms with E-state index in [9.17, 15) is 15.0 Å². The Balaban J connectivity index is 1.59. The summed E-state index contributed by atoms with van der Waals surface area (Å²) < 4.78 is 13.1. The van der Waals surface area contributed by atoms with Gasteiger partial charge >= 0.3 is 5.97 Å². The number of phenols is 2. The minimum absolute atomic E-state index is 0.00780. The van der Waals surface area contributed by atoms with Crippen LogP contribution in [0.5, 0.6) is 23.0 Å². The van der Waals surface area contributed by atoms with E-state index in [-0.39, 0.29) is 72.4 Å². The van der Waals surface area contributed by atoms with Gasteiger partial charge in [-0.05, 0) is 54.6 Å². The number of fused-ring (bicyclic) bond motifs is 6. The number of phenolic OH excluding ortho intramolecular Hbond substituents is 2. The van der Waals surface area contributed by atoms with Crippen molar-refractivity contribution in [2.24, 2.45) is 0 Å². The van der Waals surface area contributed by atoms with Crippen LogP contribution in [0.1, 0.15) is 27.0 Å². The van der Waals surface area contributed by atoms with Crippen LogP contribution in [-0.4, -0.2) is 31.1 Å². The van der Waals surface area contributed by atoms with Crippen LogP contribution in [0.3, 0.4) is 0 Å². The van der Waals surface area contributed by atoms with E-state index in [4.69, 9.17) is 38.4 Å². The quantitative estimate of drug-likeness (QED) is 0.130. The van der Waals surface area contributed by atoms with Crippen molar-refractivity contribution in [3.63, 3.8) is 0 Å². The molecule has 3 aromatic carbocycles. The second-order valence-electron chi connectivity index (χ2n) is 10.7. The Labute approximate surface area is 271 Å². The van der Waals surface area contributed by atoms with Crippen LogP contribution < -0.4 is 10.5 Å². The van der Waals surface area contributed by atoms with Crippen LogP contribution in [-0.2, 0) is 10.3 Å². The van der Waals surface area contributed by atoms with Crippen LogP contribution in [0.15, 0.2) is 97.5 Å². The maximum atomic E-state index is 13.7. The van der Waals surface area contributed by atoms with Crippen molar-refractivity contribution in [1.29, 1.82) is 0 Å². The highest BCUT2D eigenvalue weighted by molar-refractivity contribution is 6.33. The average molecular weight is 647 g/mol. The molecule has 1 unspecified atom stereocenters. The number of hydrogen-bond acceptors (Lipinski definition) is 9. The zero-order valence-corrected chi connectivity index (χ0v) is 25.0. The predicted molar refractivity (Wildman–Crippen MR) is 172 cm³/mol. The van der Waals surface area contributed by atoms with Crippen molar-refractivity contribution >= 4 is 34.9 Å². The number of aromatic nitrogens is 3. The fraction of sp³-hybridized carbons (Fsp3) is 0.0286. The van der Waals surface area contributed by atoms with E-state index in [2.05, 4.69) is 15.0 Å². The summed E-state index contributed by atoms with van der Waals surface area (Å²) in [5.41, 5.74) is 7.78. The Morgan fingerprint density at radius 1 is 0.696 bits per heavy atom. The third-order valence-corrected chi connectivity index (χ3v) is 8.83. The summed E-state index contributed by atoms with van der Waals surface area (Å²) in [6, 6.07) is 21.7.